The highest BCUT2D eigenvalue weighted by atomic mass is 16.6. The van der Waals surface area contributed by atoms with E-state index in [2.05, 4.69) is 4.98 Å². The van der Waals surface area contributed by atoms with Gasteiger partial charge in [0.05, 0.1) is 25.8 Å². The first-order chi connectivity index (χ1) is 13.7. The molecule has 0 spiro atoms. The number of nitrogens with zero attached hydrogens (tertiary/aromatic N) is 1. The highest BCUT2D eigenvalue weighted by molar-refractivity contribution is 5.74. The number of ether oxygens (including phenoxy) is 3. The molecule has 3 aromatic rings. The van der Waals surface area contributed by atoms with Crippen LogP contribution in [0.3, 0.4) is 0 Å². The average Bonchev–Trinajstić information content (AvgIpc) is 2.74. The van der Waals surface area contributed by atoms with Gasteiger partial charge in [-0.05, 0) is 48.0 Å². The summed E-state index contributed by atoms with van der Waals surface area (Å²) in [6.07, 6.45) is 5.70. The largest absolute Gasteiger partial charge is 0.493 e. The van der Waals surface area contributed by atoms with Crippen LogP contribution in [-0.2, 0) is 4.79 Å². The van der Waals surface area contributed by atoms with E-state index in [0.29, 0.717) is 11.5 Å². The van der Waals surface area contributed by atoms with Crippen molar-refractivity contribution in [2.45, 2.75) is 6.42 Å². The number of aromatic nitrogens is 1. The van der Waals surface area contributed by atoms with Gasteiger partial charge in [0.2, 0.25) is 0 Å². The summed E-state index contributed by atoms with van der Waals surface area (Å²) in [6.45, 7) is 0.246. The van der Waals surface area contributed by atoms with Crippen molar-refractivity contribution in [3.05, 3.63) is 84.2 Å². The van der Waals surface area contributed by atoms with E-state index in [0.717, 1.165) is 17.0 Å². The van der Waals surface area contributed by atoms with Gasteiger partial charge in [-0.3, -0.25) is 9.78 Å². The van der Waals surface area contributed by atoms with Crippen molar-refractivity contribution >= 4 is 18.1 Å². The van der Waals surface area contributed by atoms with Crippen molar-refractivity contribution in [2.75, 3.05) is 13.7 Å². The zero-order valence-electron chi connectivity index (χ0n) is 15.6. The molecule has 0 aliphatic carbocycles. The zero-order valence-corrected chi connectivity index (χ0v) is 15.6. The molecule has 142 valence electrons. The van der Waals surface area contributed by atoms with Gasteiger partial charge in [-0.25, -0.2) is 0 Å². The van der Waals surface area contributed by atoms with Crippen LogP contribution in [0.1, 0.15) is 17.7 Å². The molecule has 0 saturated carbocycles. The molecule has 0 N–H and O–H groups in total. The van der Waals surface area contributed by atoms with Gasteiger partial charge in [-0.15, -0.1) is 0 Å². The van der Waals surface area contributed by atoms with Crippen molar-refractivity contribution in [3.63, 3.8) is 0 Å². The van der Waals surface area contributed by atoms with Gasteiger partial charge in [0.25, 0.3) is 0 Å². The first-order valence-corrected chi connectivity index (χ1v) is 8.90. The number of rotatable bonds is 8. The van der Waals surface area contributed by atoms with E-state index in [9.17, 15) is 4.79 Å². The van der Waals surface area contributed by atoms with Crippen LogP contribution < -0.4 is 14.2 Å². The van der Waals surface area contributed by atoms with Crippen molar-refractivity contribution < 1.29 is 19.0 Å². The van der Waals surface area contributed by atoms with Crippen LogP contribution in [0, 0.1) is 0 Å². The van der Waals surface area contributed by atoms with Crippen LogP contribution in [0.4, 0.5) is 0 Å². The molecule has 5 nitrogen and oxygen atoms in total. The standard InChI is InChI=1S/C23H21NO4/c1-26-22-17-18(10-12-19-7-5-6-15-24-19)11-13-21(22)28-23(25)14-16-27-20-8-3-2-4-9-20/h2-13,15,17H,14,16H2,1H3/b12-10+. The number of hydrogen-bond acceptors (Lipinski definition) is 5. The molecule has 5 heteroatoms. The molecule has 2 aromatic carbocycles. The zero-order chi connectivity index (χ0) is 19.6. The first kappa shape index (κ1) is 19.2. The summed E-state index contributed by atoms with van der Waals surface area (Å²) in [6, 6.07) is 20.4. The summed E-state index contributed by atoms with van der Waals surface area (Å²) in [5.74, 6) is 1.20. The first-order valence-electron chi connectivity index (χ1n) is 8.90. The molecule has 0 amide bonds. The number of esters is 1. The second-order valence-corrected chi connectivity index (χ2v) is 5.88. The number of methoxy groups -OCH3 is 1. The van der Waals surface area contributed by atoms with Gasteiger partial charge in [-0.2, -0.15) is 0 Å². The fourth-order valence-corrected chi connectivity index (χ4v) is 2.47. The maximum absolute atomic E-state index is 12.1. The molecule has 0 saturated heterocycles. The molecule has 0 fully saturated rings. The second kappa shape index (κ2) is 9.92. The second-order valence-electron chi connectivity index (χ2n) is 5.88. The smallest absolute Gasteiger partial charge is 0.314 e. The molecule has 0 bridgehead atoms. The quantitative estimate of drug-likeness (QED) is 0.424. The Bertz CT molecular complexity index is 924. The van der Waals surface area contributed by atoms with Gasteiger partial charge < -0.3 is 14.2 Å². The van der Waals surface area contributed by atoms with Gasteiger partial charge in [0.1, 0.15) is 5.75 Å². The maximum Gasteiger partial charge on any atom is 0.314 e. The van der Waals surface area contributed by atoms with Crippen LogP contribution in [0.15, 0.2) is 72.9 Å². The molecule has 0 aliphatic rings. The number of carbonyl (C=O) groups excluding carboxylic acids is 1. The van der Waals surface area contributed by atoms with E-state index in [1.165, 1.54) is 7.11 Å². The minimum atomic E-state index is -0.383. The monoisotopic (exact) mass is 375 g/mol. The van der Waals surface area contributed by atoms with E-state index < -0.39 is 0 Å². The van der Waals surface area contributed by atoms with E-state index in [4.69, 9.17) is 14.2 Å². The van der Waals surface area contributed by atoms with Crippen molar-refractivity contribution in [3.8, 4) is 17.2 Å². The normalized spacial score (nSPS) is 10.6. The van der Waals surface area contributed by atoms with E-state index >= 15 is 0 Å². The average molecular weight is 375 g/mol. The molecule has 0 aliphatic heterocycles. The minimum absolute atomic E-state index is 0.138. The summed E-state index contributed by atoms with van der Waals surface area (Å²) < 4.78 is 16.3. The minimum Gasteiger partial charge on any atom is -0.493 e. The third-order valence-electron chi connectivity index (χ3n) is 3.86. The predicted octanol–water partition coefficient (Wildman–Crippen LogP) is 4.64. The third-order valence-corrected chi connectivity index (χ3v) is 3.86. The summed E-state index contributed by atoms with van der Waals surface area (Å²) in [4.78, 5) is 16.3. The van der Waals surface area contributed by atoms with Crippen LogP contribution >= 0.6 is 0 Å². The lowest BCUT2D eigenvalue weighted by molar-refractivity contribution is -0.135. The lowest BCUT2D eigenvalue weighted by Gasteiger charge is -2.10. The molecule has 1 aromatic heterocycles. The lowest BCUT2D eigenvalue weighted by atomic mass is 10.1. The Morgan fingerprint density at radius 3 is 2.54 bits per heavy atom. The molecular weight excluding hydrogens is 354 g/mol. The van der Waals surface area contributed by atoms with Crippen molar-refractivity contribution in [2.24, 2.45) is 0 Å². The summed E-state index contributed by atoms with van der Waals surface area (Å²) in [5.41, 5.74) is 1.77. The molecule has 1 heterocycles. The molecular formula is C23H21NO4. The Morgan fingerprint density at radius 2 is 1.79 bits per heavy atom. The van der Waals surface area contributed by atoms with Crippen LogP contribution in [0.5, 0.6) is 17.2 Å². The number of carbonyl (C=O) groups is 1. The molecule has 0 unspecified atom stereocenters. The Balaban J connectivity index is 1.57. The van der Waals surface area contributed by atoms with Crippen molar-refractivity contribution in [1.82, 2.24) is 4.98 Å². The van der Waals surface area contributed by atoms with E-state index in [1.807, 2.05) is 72.8 Å². The molecule has 0 atom stereocenters. The van der Waals surface area contributed by atoms with Crippen molar-refractivity contribution in [1.29, 1.82) is 0 Å². The fourth-order valence-electron chi connectivity index (χ4n) is 2.47. The maximum atomic E-state index is 12.1. The lowest BCUT2D eigenvalue weighted by Crippen LogP contribution is -2.13. The summed E-state index contributed by atoms with van der Waals surface area (Å²) in [7, 11) is 1.54. The van der Waals surface area contributed by atoms with Crippen LogP contribution in [0.2, 0.25) is 0 Å². The predicted molar refractivity (Wildman–Crippen MR) is 108 cm³/mol. The Labute approximate surface area is 164 Å². The van der Waals surface area contributed by atoms with E-state index in [1.54, 1.807) is 12.3 Å². The SMILES string of the molecule is COc1cc(/C=C/c2ccccn2)ccc1OC(=O)CCOc1ccccc1. The highest BCUT2D eigenvalue weighted by Gasteiger charge is 2.11. The van der Waals surface area contributed by atoms with E-state index in [-0.39, 0.29) is 19.0 Å². The summed E-state index contributed by atoms with van der Waals surface area (Å²) >= 11 is 0. The van der Waals surface area contributed by atoms with Gasteiger partial charge in [-0.1, -0.05) is 36.4 Å². The van der Waals surface area contributed by atoms with Gasteiger partial charge in [0, 0.05) is 6.20 Å². The molecule has 28 heavy (non-hydrogen) atoms. The third kappa shape index (κ3) is 5.71. The number of benzene rings is 2. The number of para-hydroxylation sites is 1. The Morgan fingerprint density at radius 1 is 0.964 bits per heavy atom. The topological polar surface area (TPSA) is 57.7 Å². The van der Waals surface area contributed by atoms with Gasteiger partial charge >= 0.3 is 5.97 Å². The number of pyridine rings is 1. The summed E-state index contributed by atoms with van der Waals surface area (Å²) in [5, 5.41) is 0. The highest BCUT2D eigenvalue weighted by Crippen LogP contribution is 2.29. The van der Waals surface area contributed by atoms with Gasteiger partial charge in [0.15, 0.2) is 11.5 Å². The fraction of sp³-hybridized carbons (Fsp3) is 0.130. The Hall–Kier alpha value is -3.60. The Kier molecular flexibility index (Phi) is 6.79. The van der Waals surface area contributed by atoms with Crippen LogP contribution in [-0.4, -0.2) is 24.7 Å². The van der Waals surface area contributed by atoms with Crippen LogP contribution in [0.25, 0.3) is 12.2 Å². The number of hydrogen-bond donors (Lipinski definition) is 0. The molecule has 0 radical (unpaired) electrons. The molecule has 3 rings (SSSR count).